The van der Waals surface area contributed by atoms with Crippen LogP contribution < -0.4 is 16.4 Å². The van der Waals surface area contributed by atoms with Crippen LogP contribution in [0.4, 0.5) is 5.69 Å². The fraction of sp³-hybridized carbons (Fsp3) is 0.500. The highest BCUT2D eigenvalue weighted by Gasteiger charge is 2.05. The van der Waals surface area contributed by atoms with Crippen molar-refractivity contribution in [2.24, 2.45) is 11.5 Å². The van der Waals surface area contributed by atoms with Gasteiger partial charge in [0, 0.05) is 31.9 Å². The van der Waals surface area contributed by atoms with E-state index in [-0.39, 0.29) is 6.04 Å². The molecule has 0 spiro atoms. The third-order valence-electron chi connectivity index (χ3n) is 2.60. The van der Waals surface area contributed by atoms with Gasteiger partial charge in [-0.3, -0.25) is 0 Å². The molecule has 1 atom stereocenters. The summed E-state index contributed by atoms with van der Waals surface area (Å²) in [5, 5.41) is 0. The predicted octanol–water partition coefficient (Wildman–Crippen LogP) is 0.971. The maximum absolute atomic E-state index is 5.80. The standard InChI is InChI=1S/C12H21N3/c1-3-10-4-6-12(7-5-10)15(2)9-11(14)8-13/h4-7,11H,3,8-9,13-14H2,1-2H3. The van der Waals surface area contributed by atoms with Crippen LogP contribution in [0.1, 0.15) is 12.5 Å². The molecule has 3 heteroatoms. The Morgan fingerprint density at radius 1 is 1.27 bits per heavy atom. The monoisotopic (exact) mass is 207 g/mol. The highest BCUT2D eigenvalue weighted by Crippen LogP contribution is 2.13. The number of nitrogens with zero attached hydrogens (tertiary/aromatic N) is 1. The molecule has 0 heterocycles. The lowest BCUT2D eigenvalue weighted by molar-refractivity contribution is 0.668. The number of hydrogen-bond acceptors (Lipinski definition) is 3. The summed E-state index contributed by atoms with van der Waals surface area (Å²) in [6, 6.07) is 8.60. The second-order valence-corrected chi connectivity index (χ2v) is 3.90. The summed E-state index contributed by atoms with van der Waals surface area (Å²) in [5.41, 5.74) is 13.8. The normalized spacial score (nSPS) is 12.5. The van der Waals surface area contributed by atoms with Gasteiger partial charge in [0.15, 0.2) is 0 Å². The molecule has 3 nitrogen and oxygen atoms in total. The molecule has 0 aromatic heterocycles. The molecule has 0 bridgehead atoms. The molecule has 0 aliphatic rings. The second kappa shape index (κ2) is 5.73. The molecule has 0 amide bonds. The van der Waals surface area contributed by atoms with Crippen molar-refractivity contribution in [3.05, 3.63) is 29.8 Å². The molecule has 0 saturated heterocycles. The Labute approximate surface area is 92.1 Å². The summed E-state index contributed by atoms with van der Waals surface area (Å²) in [4.78, 5) is 2.14. The predicted molar refractivity (Wildman–Crippen MR) is 66.1 cm³/mol. The lowest BCUT2D eigenvalue weighted by Crippen LogP contribution is -2.40. The number of aryl methyl sites for hydroxylation is 1. The Balaban J connectivity index is 2.61. The molecule has 0 saturated carbocycles. The highest BCUT2D eigenvalue weighted by atomic mass is 15.1. The number of benzene rings is 1. The van der Waals surface area contributed by atoms with E-state index in [4.69, 9.17) is 11.5 Å². The van der Waals surface area contributed by atoms with E-state index in [9.17, 15) is 0 Å². The van der Waals surface area contributed by atoms with E-state index in [0.717, 1.165) is 13.0 Å². The Morgan fingerprint density at radius 3 is 2.33 bits per heavy atom. The van der Waals surface area contributed by atoms with Crippen LogP contribution >= 0.6 is 0 Å². The Hall–Kier alpha value is -1.06. The molecule has 1 unspecified atom stereocenters. The molecule has 1 aromatic rings. The van der Waals surface area contributed by atoms with Gasteiger partial charge in [0.1, 0.15) is 0 Å². The molecule has 0 aliphatic carbocycles. The highest BCUT2D eigenvalue weighted by molar-refractivity contribution is 5.47. The van der Waals surface area contributed by atoms with Gasteiger partial charge in [-0.25, -0.2) is 0 Å². The van der Waals surface area contributed by atoms with Gasteiger partial charge >= 0.3 is 0 Å². The van der Waals surface area contributed by atoms with Crippen molar-refractivity contribution in [2.75, 3.05) is 25.0 Å². The largest absolute Gasteiger partial charge is 0.373 e. The molecule has 0 radical (unpaired) electrons. The summed E-state index contributed by atoms with van der Waals surface area (Å²) < 4.78 is 0. The van der Waals surface area contributed by atoms with E-state index < -0.39 is 0 Å². The number of anilines is 1. The van der Waals surface area contributed by atoms with Gasteiger partial charge < -0.3 is 16.4 Å². The van der Waals surface area contributed by atoms with Crippen molar-refractivity contribution in [1.29, 1.82) is 0 Å². The quantitative estimate of drug-likeness (QED) is 0.756. The molecule has 4 N–H and O–H groups in total. The van der Waals surface area contributed by atoms with E-state index in [0.29, 0.717) is 6.54 Å². The third kappa shape index (κ3) is 3.53. The lowest BCUT2D eigenvalue weighted by Gasteiger charge is -2.22. The summed E-state index contributed by atoms with van der Waals surface area (Å²) in [6.45, 7) is 3.47. The van der Waals surface area contributed by atoms with E-state index in [1.807, 2.05) is 7.05 Å². The first-order valence-electron chi connectivity index (χ1n) is 5.43. The van der Waals surface area contributed by atoms with Crippen LogP contribution in [0.3, 0.4) is 0 Å². The number of rotatable bonds is 5. The van der Waals surface area contributed by atoms with Crippen molar-refractivity contribution >= 4 is 5.69 Å². The van der Waals surface area contributed by atoms with E-state index >= 15 is 0 Å². The van der Waals surface area contributed by atoms with Crippen LogP contribution in [0.15, 0.2) is 24.3 Å². The van der Waals surface area contributed by atoms with Gasteiger partial charge in [-0.2, -0.15) is 0 Å². The first kappa shape index (κ1) is 12.0. The molecule has 15 heavy (non-hydrogen) atoms. The van der Waals surface area contributed by atoms with Gasteiger partial charge in [0.25, 0.3) is 0 Å². The van der Waals surface area contributed by atoms with Crippen molar-refractivity contribution in [3.63, 3.8) is 0 Å². The Bertz CT molecular complexity index is 281. The van der Waals surface area contributed by atoms with Crippen LogP contribution in [0.2, 0.25) is 0 Å². The summed E-state index contributed by atoms with van der Waals surface area (Å²) in [7, 11) is 2.04. The minimum atomic E-state index is 0.0425. The summed E-state index contributed by atoms with van der Waals surface area (Å²) in [5.74, 6) is 0. The minimum Gasteiger partial charge on any atom is -0.373 e. The first-order chi connectivity index (χ1) is 7.17. The zero-order chi connectivity index (χ0) is 11.3. The van der Waals surface area contributed by atoms with Gasteiger partial charge in [-0.05, 0) is 24.1 Å². The van der Waals surface area contributed by atoms with Crippen LogP contribution in [-0.2, 0) is 6.42 Å². The van der Waals surface area contributed by atoms with Gasteiger partial charge in [0.2, 0.25) is 0 Å². The average molecular weight is 207 g/mol. The average Bonchev–Trinajstić information content (AvgIpc) is 2.29. The van der Waals surface area contributed by atoms with Crippen molar-refractivity contribution in [2.45, 2.75) is 19.4 Å². The minimum absolute atomic E-state index is 0.0425. The van der Waals surface area contributed by atoms with Crippen LogP contribution in [0, 0.1) is 0 Å². The van der Waals surface area contributed by atoms with Crippen molar-refractivity contribution in [1.82, 2.24) is 0 Å². The summed E-state index contributed by atoms with van der Waals surface area (Å²) in [6.07, 6.45) is 1.08. The molecule has 0 fully saturated rings. The van der Waals surface area contributed by atoms with Gasteiger partial charge in [-0.15, -0.1) is 0 Å². The summed E-state index contributed by atoms with van der Waals surface area (Å²) >= 11 is 0. The van der Waals surface area contributed by atoms with Crippen LogP contribution in [0.5, 0.6) is 0 Å². The molecule has 84 valence electrons. The van der Waals surface area contributed by atoms with E-state index in [2.05, 4.69) is 36.1 Å². The third-order valence-corrected chi connectivity index (χ3v) is 2.60. The Kier molecular flexibility index (Phi) is 4.59. The molecule has 0 aliphatic heterocycles. The lowest BCUT2D eigenvalue weighted by atomic mass is 10.1. The number of likely N-dealkylation sites (N-methyl/N-ethyl adjacent to an activating group) is 1. The smallest absolute Gasteiger partial charge is 0.0364 e. The second-order valence-electron chi connectivity index (χ2n) is 3.90. The Morgan fingerprint density at radius 2 is 1.87 bits per heavy atom. The van der Waals surface area contributed by atoms with Crippen LogP contribution in [-0.4, -0.2) is 26.2 Å². The molecular formula is C12H21N3. The van der Waals surface area contributed by atoms with Gasteiger partial charge in [0.05, 0.1) is 0 Å². The van der Waals surface area contributed by atoms with Gasteiger partial charge in [-0.1, -0.05) is 19.1 Å². The fourth-order valence-corrected chi connectivity index (χ4v) is 1.52. The fourth-order valence-electron chi connectivity index (χ4n) is 1.52. The van der Waals surface area contributed by atoms with E-state index in [1.54, 1.807) is 0 Å². The number of nitrogens with two attached hydrogens (primary N) is 2. The zero-order valence-corrected chi connectivity index (χ0v) is 9.61. The molecule has 1 aromatic carbocycles. The van der Waals surface area contributed by atoms with E-state index in [1.165, 1.54) is 11.3 Å². The van der Waals surface area contributed by atoms with Crippen molar-refractivity contribution in [3.8, 4) is 0 Å². The zero-order valence-electron chi connectivity index (χ0n) is 9.61. The SMILES string of the molecule is CCc1ccc(N(C)CC(N)CN)cc1. The van der Waals surface area contributed by atoms with Crippen LogP contribution in [0.25, 0.3) is 0 Å². The first-order valence-corrected chi connectivity index (χ1v) is 5.43. The topological polar surface area (TPSA) is 55.3 Å². The maximum Gasteiger partial charge on any atom is 0.0364 e. The molecular weight excluding hydrogens is 186 g/mol. The van der Waals surface area contributed by atoms with Crippen molar-refractivity contribution < 1.29 is 0 Å². The molecule has 1 rings (SSSR count). The number of hydrogen-bond donors (Lipinski definition) is 2. The maximum atomic E-state index is 5.80.